The molecular weight excluding hydrogens is 228 g/mol. The third kappa shape index (κ3) is 3.31. The fraction of sp³-hybridized carbons (Fsp3) is 0.429. The predicted molar refractivity (Wildman–Crippen MR) is 70.0 cm³/mol. The van der Waals surface area contributed by atoms with Crippen molar-refractivity contribution in [3.05, 3.63) is 29.6 Å². The summed E-state index contributed by atoms with van der Waals surface area (Å²) in [6, 6.07) is 1.83. The lowest BCUT2D eigenvalue weighted by Crippen LogP contribution is -2.35. The van der Waals surface area contributed by atoms with E-state index < -0.39 is 0 Å². The molecule has 0 saturated heterocycles. The van der Waals surface area contributed by atoms with E-state index in [0.717, 1.165) is 6.42 Å². The van der Waals surface area contributed by atoms with Crippen molar-refractivity contribution in [3.63, 3.8) is 0 Å². The Kier molecular flexibility index (Phi) is 5.34. The molecule has 0 aliphatic carbocycles. The van der Waals surface area contributed by atoms with Gasteiger partial charge in [0.1, 0.15) is 6.61 Å². The van der Waals surface area contributed by atoms with Gasteiger partial charge in [0.15, 0.2) is 0 Å². The summed E-state index contributed by atoms with van der Waals surface area (Å²) in [7, 11) is 1.78. The van der Waals surface area contributed by atoms with Crippen molar-refractivity contribution in [2.24, 2.45) is 0 Å². The fourth-order valence-corrected chi connectivity index (χ4v) is 1.48. The molecule has 1 atom stereocenters. The van der Waals surface area contributed by atoms with Crippen LogP contribution in [0, 0.1) is 11.8 Å². The number of nitrogens with zero attached hydrogens (tertiary/aromatic N) is 2. The van der Waals surface area contributed by atoms with Gasteiger partial charge in [-0.25, -0.2) is 0 Å². The number of aromatic nitrogens is 1. The predicted octanol–water partition coefficient (Wildman–Crippen LogP) is 1.30. The summed E-state index contributed by atoms with van der Waals surface area (Å²) in [5.74, 6) is 5.21. The van der Waals surface area contributed by atoms with Crippen molar-refractivity contribution in [1.82, 2.24) is 9.88 Å². The molecule has 4 nitrogen and oxygen atoms in total. The van der Waals surface area contributed by atoms with Crippen molar-refractivity contribution < 1.29 is 9.90 Å². The normalized spacial score (nSPS) is 11.3. The summed E-state index contributed by atoms with van der Waals surface area (Å²) in [5, 5.41) is 8.70. The number of carbonyl (C=O) groups excluding carboxylic acids is 1. The third-order valence-corrected chi connectivity index (χ3v) is 2.93. The van der Waals surface area contributed by atoms with Gasteiger partial charge in [-0.15, -0.1) is 0 Å². The molecule has 1 aromatic heterocycles. The SMILES string of the molecule is CCC(C)N(C)C(=O)c1ccncc1C#CCO. The number of aliphatic hydroxyl groups excluding tert-OH is 1. The summed E-state index contributed by atoms with van der Waals surface area (Å²) in [5.41, 5.74) is 1.07. The van der Waals surface area contributed by atoms with Gasteiger partial charge >= 0.3 is 0 Å². The summed E-state index contributed by atoms with van der Waals surface area (Å²) < 4.78 is 0. The molecule has 1 amide bonds. The molecule has 0 aliphatic rings. The average molecular weight is 246 g/mol. The van der Waals surface area contributed by atoms with Crippen LogP contribution in [-0.2, 0) is 0 Å². The van der Waals surface area contributed by atoms with Crippen LogP contribution in [0.1, 0.15) is 36.2 Å². The summed E-state index contributed by atoms with van der Waals surface area (Å²) in [6.45, 7) is 3.80. The Balaban J connectivity index is 3.05. The van der Waals surface area contributed by atoms with Crippen LogP contribution in [0.4, 0.5) is 0 Å². The number of rotatable bonds is 3. The highest BCUT2D eigenvalue weighted by atomic mass is 16.2. The van der Waals surface area contributed by atoms with Crippen molar-refractivity contribution in [2.75, 3.05) is 13.7 Å². The van der Waals surface area contributed by atoms with Crippen molar-refractivity contribution in [3.8, 4) is 11.8 Å². The molecule has 1 aromatic rings. The topological polar surface area (TPSA) is 53.4 Å². The van der Waals surface area contributed by atoms with Crippen LogP contribution >= 0.6 is 0 Å². The lowest BCUT2D eigenvalue weighted by Gasteiger charge is -2.24. The Bertz CT molecular complexity index is 474. The highest BCUT2D eigenvalue weighted by Crippen LogP contribution is 2.11. The van der Waals surface area contributed by atoms with E-state index in [1.807, 2.05) is 13.8 Å². The number of carbonyl (C=O) groups is 1. The minimum atomic E-state index is -0.232. The zero-order valence-corrected chi connectivity index (χ0v) is 11.0. The first-order chi connectivity index (χ1) is 8.61. The van der Waals surface area contributed by atoms with E-state index >= 15 is 0 Å². The Labute approximate surface area is 108 Å². The Morgan fingerprint density at radius 2 is 2.33 bits per heavy atom. The van der Waals surface area contributed by atoms with Gasteiger partial charge in [0, 0.05) is 25.5 Å². The fourth-order valence-electron chi connectivity index (χ4n) is 1.48. The Morgan fingerprint density at radius 3 is 2.94 bits per heavy atom. The average Bonchev–Trinajstić information content (AvgIpc) is 2.42. The first-order valence-electron chi connectivity index (χ1n) is 5.92. The maximum atomic E-state index is 12.3. The van der Waals surface area contributed by atoms with Crippen molar-refractivity contribution in [1.29, 1.82) is 0 Å². The van der Waals surface area contributed by atoms with Gasteiger partial charge in [-0.05, 0) is 19.4 Å². The lowest BCUT2D eigenvalue weighted by molar-refractivity contribution is 0.0740. The molecule has 1 heterocycles. The number of aliphatic hydroxyl groups is 1. The summed E-state index contributed by atoms with van der Waals surface area (Å²) >= 11 is 0. The van der Waals surface area contributed by atoms with Crippen LogP contribution in [0.5, 0.6) is 0 Å². The lowest BCUT2D eigenvalue weighted by atomic mass is 10.1. The molecule has 1 rings (SSSR count). The standard InChI is InChI=1S/C14H18N2O2/c1-4-11(2)16(3)14(18)13-7-8-15-10-12(13)6-5-9-17/h7-8,10-11,17H,4,9H2,1-3H3. The second-order valence-corrected chi connectivity index (χ2v) is 4.05. The first kappa shape index (κ1) is 14.2. The summed E-state index contributed by atoms with van der Waals surface area (Å²) in [4.78, 5) is 17.9. The second kappa shape index (κ2) is 6.77. The van der Waals surface area contributed by atoms with E-state index in [1.54, 1.807) is 30.4 Å². The number of hydrogen-bond acceptors (Lipinski definition) is 3. The van der Waals surface area contributed by atoms with Gasteiger partial charge in [-0.3, -0.25) is 9.78 Å². The molecule has 18 heavy (non-hydrogen) atoms. The zero-order valence-electron chi connectivity index (χ0n) is 11.0. The Hall–Kier alpha value is -1.86. The molecule has 1 unspecified atom stereocenters. The largest absolute Gasteiger partial charge is 0.384 e. The van der Waals surface area contributed by atoms with Gasteiger partial charge < -0.3 is 10.0 Å². The van der Waals surface area contributed by atoms with E-state index in [4.69, 9.17) is 5.11 Å². The van der Waals surface area contributed by atoms with Crippen LogP contribution < -0.4 is 0 Å². The van der Waals surface area contributed by atoms with Gasteiger partial charge in [-0.1, -0.05) is 18.8 Å². The molecule has 96 valence electrons. The van der Waals surface area contributed by atoms with E-state index in [9.17, 15) is 4.79 Å². The molecule has 0 spiro atoms. The minimum Gasteiger partial charge on any atom is -0.384 e. The maximum absolute atomic E-state index is 12.3. The van der Waals surface area contributed by atoms with Gasteiger partial charge in [-0.2, -0.15) is 0 Å². The molecule has 0 radical (unpaired) electrons. The van der Waals surface area contributed by atoms with Gasteiger partial charge in [0.05, 0.1) is 11.1 Å². The van der Waals surface area contributed by atoms with E-state index in [1.165, 1.54) is 0 Å². The molecule has 4 heteroatoms. The van der Waals surface area contributed by atoms with Crippen LogP contribution in [0.3, 0.4) is 0 Å². The monoisotopic (exact) mass is 246 g/mol. The Morgan fingerprint density at radius 1 is 1.61 bits per heavy atom. The van der Waals surface area contributed by atoms with Crippen molar-refractivity contribution in [2.45, 2.75) is 26.3 Å². The van der Waals surface area contributed by atoms with Crippen LogP contribution in [0.25, 0.3) is 0 Å². The smallest absolute Gasteiger partial charge is 0.255 e. The molecule has 0 fully saturated rings. The summed E-state index contributed by atoms with van der Waals surface area (Å²) in [6.07, 6.45) is 4.01. The van der Waals surface area contributed by atoms with Crippen LogP contribution in [0.15, 0.2) is 18.5 Å². The van der Waals surface area contributed by atoms with E-state index in [-0.39, 0.29) is 18.6 Å². The number of amides is 1. The molecular formula is C14H18N2O2. The van der Waals surface area contributed by atoms with Crippen molar-refractivity contribution >= 4 is 5.91 Å². The zero-order chi connectivity index (χ0) is 13.5. The van der Waals surface area contributed by atoms with E-state index in [2.05, 4.69) is 16.8 Å². The van der Waals surface area contributed by atoms with Crippen LogP contribution in [0.2, 0.25) is 0 Å². The van der Waals surface area contributed by atoms with E-state index in [0.29, 0.717) is 11.1 Å². The molecule has 0 saturated carbocycles. The van der Waals surface area contributed by atoms with Gasteiger partial charge in [0.2, 0.25) is 0 Å². The molecule has 0 bridgehead atoms. The number of hydrogen-bond donors (Lipinski definition) is 1. The number of pyridine rings is 1. The molecule has 1 N–H and O–H groups in total. The highest BCUT2D eigenvalue weighted by Gasteiger charge is 2.18. The second-order valence-electron chi connectivity index (χ2n) is 4.05. The van der Waals surface area contributed by atoms with Crippen LogP contribution in [-0.4, -0.2) is 40.6 Å². The minimum absolute atomic E-state index is 0.0750. The highest BCUT2D eigenvalue weighted by molar-refractivity contribution is 5.96. The molecule has 0 aliphatic heterocycles. The first-order valence-corrected chi connectivity index (χ1v) is 5.92. The third-order valence-electron chi connectivity index (χ3n) is 2.93. The molecule has 0 aromatic carbocycles. The maximum Gasteiger partial charge on any atom is 0.255 e. The van der Waals surface area contributed by atoms with Gasteiger partial charge in [0.25, 0.3) is 5.91 Å². The quantitative estimate of drug-likeness (QED) is 0.818.